The van der Waals surface area contributed by atoms with E-state index in [1.54, 1.807) is 0 Å². The highest BCUT2D eigenvalue weighted by Gasteiger charge is 2.50. The number of nitrogens with zero attached hydrogens (tertiary/aromatic N) is 13. The molecule has 13 heterocycles. The zero-order valence-electron chi connectivity index (χ0n) is 51.8. The van der Waals surface area contributed by atoms with Crippen molar-refractivity contribution in [2.75, 3.05) is 56.0 Å². The highest BCUT2D eigenvalue weighted by molar-refractivity contribution is 7.48. The molecular weight excluding hydrogens is 1440 g/mol. The molecule has 0 aromatic carbocycles. The van der Waals surface area contributed by atoms with Gasteiger partial charge in [-0.25, -0.2) is 52.8 Å². The monoisotopic (exact) mass is 1500 g/mol. The number of aliphatic hydroxyl groups is 2. The molecule has 0 amide bonds. The average molecular weight is 1500 g/mol. The number of ether oxygens (including phenoxy) is 5. The minimum absolute atomic E-state index is 0.00926. The molecule has 0 spiro atoms. The minimum atomic E-state index is -5.53. The zero-order chi connectivity index (χ0) is 71.8. The Bertz CT molecular complexity index is 4970. The molecule has 19 atom stereocenters. The van der Waals surface area contributed by atoms with E-state index in [1.165, 1.54) is 45.7 Å². The van der Waals surface area contributed by atoms with E-state index in [0.717, 1.165) is 27.9 Å². The number of imidazole rings is 3. The number of aryl methyl sites for hydroxylation is 1. The van der Waals surface area contributed by atoms with Gasteiger partial charge in [-0.2, -0.15) is 15.0 Å². The van der Waals surface area contributed by atoms with Gasteiger partial charge in [0.05, 0.1) is 58.1 Å². The van der Waals surface area contributed by atoms with Crippen molar-refractivity contribution in [2.45, 2.75) is 131 Å². The second-order valence-electron chi connectivity index (χ2n) is 23.4. The highest BCUT2D eigenvalue weighted by atomic mass is 31.2. The van der Waals surface area contributed by atoms with E-state index >= 15 is 0 Å². The van der Waals surface area contributed by atoms with Crippen LogP contribution in [0.15, 0.2) is 67.7 Å². The Balaban J connectivity index is 0.693. The lowest BCUT2D eigenvalue weighted by molar-refractivity contribution is -0.0643. The molecule has 13 rings (SSSR count). The third kappa shape index (κ3) is 15.5. The molecule has 52 heteroatoms. The topological polar surface area (TPSA) is 674 Å². The molecule has 0 saturated carbocycles. The number of fused-ring (bicyclic) bond motifs is 3. The zero-order valence-corrected chi connectivity index (χ0v) is 55.4. The largest absolute Gasteiger partial charge is 0.472 e. The molecule has 17 N–H and O–H groups in total. The lowest BCUT2D eigenvalue weighted by Crippen LogP contribution is -2.33. The Morgan fingerprint density at radius 1 is 0.505 bits per heavy atom. The smallest absolute Gasteiger partial charge is 0.394 e. The molecule has 0 radical (unpaired) electrons. The maximum atomic E-state index is 14.2. The summed E-state index contributed by atoms with van der Waals surface area (Å²) in [6.07, 6.45) is -16.2. The number of nitrogens with one attached hydrogen (secondary N) is 3. The van der Waals surface area contributed by atoms with E-state index in [-0.39, 0.29) is 75.4 Å². The quantitative estimate of drug-likeness (QED) is 0.0246. The normalized spacial score (nSPS) is 29.4. The molecule has 0 aliphatic carbocycles. The van der Waals surface area contributed by atoms with Crippen molar-refractivity contribution in [2.24, 2.45) is 0 Å². The Hall–Kier alpha value is -7.83. The summed E-state index contributed by atoms with van der Waals surface area (Å²) in [4.78, 5) is 148. The van der Waals surface area contributed by atoms with Gasteiger partial charge in [0.2, 0.25) is 11.9 Å². The summed E-state index contributed by atoms with van der Waals surface area (Å²) in [6, 6.07) is 1.20. The average Bonchev–Trinajstić information content (AvgIpc) is 1.65. The SMILES string of the molecule is Cc1cn([C@H]2C[C@H](OP(=O)(O)OC[C@H]3O[C@@H](n4ccc(N)nc4=O)C[C@@H]3OP(=O)(O)OC[C@H]3O[C@@H](n4cnc5c(=O)[nH]c(N)nc54)C[C@@H]3OP(=O)(O)OC[C@H]3O[C@@H](n4cnc5c(=O)[nH]c(N)nc54)C[C@@H]3O)[C@@H](COP(=O)(O)O[C@H]3C[C@H](n4cnc5c(N)ncnc54)O[C@@H]3CO)O2)c(=O)[nH]c1=O. The van der Waals surface area contributed by atoms with Crippen LogP contribution in [0.3, 0.4) is 0 Å². The van der Waals surface area contributed by atoms with Crippen molar-refractivity contribution in [3.63, 3.8) is 0 Å². The van der Waals surface area contributed by atoms with Gasteiger partial charge in [-0.1, -0.05) is 0 Å². The number of rotatable bonds is 26. The van der Waals surface area contributed by atoms with Crippen LogP contribution in [-0.4, -0.2) is 202 Å². The first-order valence-electron chi connectivity index (χ1n) is 30.1. The number of phosphoric acid groups is 4. The Morgan fingerprint density at radius 3 is 1.39 bits per heavy atom. The third-order valence-corrected chi connectivity index (χ3v) is 20.7. The van der Waals surface area contributed by atoms with Crippen molar-refractivity contribution >= 4 is 88.3 Å². The third-order valence-electron chi connectivity index (χ3n) is 16.6. The second-order valence-corrected chi connectivity index (χ2v) is 29.0. The van der Waals surface area contributed by atoms with Crippen LogP contribution in [0.2, 0.25) is 0 Å². The number of phosphoric ester groups is 4. The van der Waals surface area contributed by atoms with Crippen LogP contribution in [0.4, 0.5) is 23.5 Å². The summed E-state index contributed by atoms with van der Waals surface area (Å²) in [5.41, 5.74) is 19.1. The first-order valence-corrected chi connectivity index (χ1v) is 36.1. The van der Waals surface area contributed by atoms with Crippen LogP contribution in [0, 0.1) is 6.92 Å². The van der Waals surface area contributed by atoms with Crippen molar-refractivity contribution in [3.05, 3.63) is 101 Å². The number of anilines is 4. The van der Waals surface area contributed by atoms with E-state index in [1.807, 2.05) is 0 Å². The fourth-order valence-electron chi connectivity index (χ4n) is 11.9. The second kappa shape index (κ2) is 28.1. The summed E-state index contributed by atoms with van der Waals surface area (Å²) >= 11 is 0. The van der Waals surface area contributed by atoms with Gasteiger partial charge in [0.15, 0.2) is 33.8 Å². The van der Waals surface area contributed by atoms with E-state index in [2.05, 4.69) is 54.8 Å². The Labute approximate surface area is 560 Å². The standard InChI is InChI=1S/C49H62N20O28P4/c1-19-9-66(49(76)64-43(19)72)33-7-23(28(92-33)13-86-99(79,80)94-21-5-34(89-25(21)10-70)67-16-56-36-39(51)54-15-55-40(36)67)96-101(83,84)87-12-27-22(6-32(91-27)65-3-2-30(50)59-48(65)75)95-100(81,82)88-14-29-24(8-35(93-29)69-18-58-38-42(69)61-47(53)63-45(38)74)97-98(77,78)85-11-26-20(71)4-31(90-26)68-17-57-37-41(68)60-46(52)62-44(37)73/h2-3,9,15-18,20-29,31-35,70-71H,4-8,10-14H2,1H3,(H,77,78)(H,79,80)(H,81,82)(H,83,84)(H2,50,59,75)(H2,51,54,55)(H,64,72,76)(H3,52,60,62,73)(H3,53,61,63,74)/t20-,21-,22-,23-,24-,25+,26+,27+,28+,29+,31+,32+,33+,34+,35+/m0/s1. The van der Waals surface area contributed by atoms with Gasteiger partial charge in [-0.05, 0) is 13.0 Å². The van der Waals surface area contributed by atoms with E-state index < -0.39 is 204 Å². The van der Waals surface area contributed by atoms with Gasteiger partial charge in [-0.3, -0.25) is 88.4 Å². The maximum Gasteiger partial charge on any atom is 0.472 e. The fraction of sp³-hybridized carbons (Fsp3) is 0.531. The van der Waals surface area contributed by atoms with Gasteiger partial charge >= 0.3 is 42.7 Å². The van der Waals surface area contributed by atoms with Gasteiger partial charge in [0.1, 0.15) is 104 Å². The first kappa shape index (κ1) is 71.6. The summed E-state index contributed by atoms with van der Waals surface area (Å²) in [5.74, 6) is -0.738. The van der Waals surface area contributed by atoms with Crippen molar-refractivity contribution < 1.29 is 108 Å². The summed E-state index contributed by atoms with van der Waals surface area (Å²) in [6.45, 7) is -3.24. The molecule has 8 aromatic rings. The number of aromatic amines is 3. The van der Waals surface area contributed by atoms with Crippen molar-refractivity contribution in [1.29, 1.82) is 0 Å². The summed E-state index contributed by atoms with van der Waals surface area (Å²) in [7, 11) is -21.6. The molecule has 8 aromatic heterocycles. The molecule has 5 saturated heterocycles. The molecule has 5 fully saturated rings. The molecule has 48 nitrogen and oxygen atoms in total. The van der Waals surface area contributed by atoms with Crippen molar-refractivity contribution in [3.8, 4) is 0 Å². The van der Waals surface area contributed by atoms with Crippen LogP contribution in [0.1, 0.15) is 68.8 Å². The maximum absolute atomic E-state index is 14.2. The minimum Gasteiger partial charge on any atom is -0.394 e. The lowest BCUT2D eigenvalue weighted by atomic mass is 10.2. The van der Waals surface area contributed by atoms with Crippen LogP contribution >= 0.6 is 31.3 Å². The van der Waals surface area contributed by atoms with Crippen LogP contribution in [0.5, 0.6) is 0 Å². The number of aliphatic hydroxyl groups excluding tert-OH is 2. The number of aromatic nitrogens is 16. The Kier molecular flexibility index (Phi) is 19.9. The Morgan fingerprint density at radius 2 is 0.911 bits per heavy atom. The molecule has 101 heavy (non-hydrogen) atoms. The van der Waals surface area contributed by atoms with E-state index in [4.69, 9.17) is 82.8 Å². The summed E-state index contributed by atoms with van der Waals surface area (Å²) in [5, 5.41) is 21.2. The fourth-order valence-corrected chi connectivity index (χ4v) is 15.7. The molecule has 0 bridgehead atoms. The first-order chi connectivity index (χ1) is 47.9. The predicted molar refractivity (Wildman–Crippen MR) is 332 cm³/mol. The summed E-state index contributed by atoms with van der Waals surface area (Å²) < 4.78 is 135. The van der Waals surface area contributed by atoms with Crippen LogP contribution in [-0.2, 0) is 78.1 Å². The predicted octanol–water partition coefficient (Wildman–Crippen LogP) is -2.66. The van der Waals surface area contributed by atoms with Crippen LogP contribution < -0.4 is 51.0 Å². The van der Waals surface area contributed by atoms with Gasteiger partial charge in [0, 0.05) is 50.1 Å². The molecule has 5 aliphatic rings. The molecule has 546 valence electrons. The lowest BCUT2D eigenvalue weighted by Gasteiger charge is -2.25. The molecular formula is C49H62N20O28P4. The number of nitrogen functional groups attached to an aromatic ring is 4. The molecule has 4 unspecified atom stereocenters. The molecule has 5 aliphatic heterocycles. The number of H-pyrrole nitrogens is 3. The van der Waals surface area contributed by atoms with Gasteiger partial charge in [-0.15, -0.1) is 0 Å². The number of hydrogen-bond donors (Lipinski definition) is 13. The van der Waals surface area contributed by atoms with E-state index in [0.29, 0.717) is 0 Å². The van der Waals surface area contributed by atoms with Crippen LogP contribution in [0.25, 0.3) is 33.5 Å². The van der Waals surface area contributed by atoms with E-state index in [9.17, 15) is 72.0 Å². The number of nitrogens with two attached hydrogens (primary N) is 4. The highest BCUT2D eigenvalue weighted by Crippen LogP contribution is 2.55. The van der Waals surface area contributed by atoms with Gasteiger partial charge < -0.3 is 76.4 Å². The van der Waals surface area contributed by atoms with Crippen molar-refractivity contribution in [1.82, 2.24) is 77.7 Å². The number of hydrogen-bond acceptors (Lipinski definition) is 36. The van der Waals surface area contributed by atoms with Gasteiger partial charge in [0.25, 0.3) is 16.7 Å².